The lowest BCUT2D eigenvalue weighted by Crippen LogP contribution is -2.33. The van der Waals surface area contributed by atoms with Gasteiger partial charge in [-0.1, -0.05) is 28.9 Å². The van der Waals surface area contributed by atoms with Crippen LogP contribution < -0.4 is 4.74 Å². The molecule has 5 rings (SSSR count). The van der Waals surface area contributed by atoms with E-state index in [1.165, 1.54) is 6.07 Å². The number of benzene rings is 2. The summed E-state index contributed by atoms with van der Waals surface area (Å²) in [5.74, 6) is 0.514. The van der Waals surface area contributed by atoms with Gasteiger partial charge in [-0.05, 0) is 42.5 Å². The fourth-order valence-corrected chi connectivity index (χ4v) is 4.19. The van der Waals surface area contributed by atoms with Gasteiger partial charge in [0.05, 0.1) is 6.04 Å². The number of fused-ring (bicyclic) bond motifs is 3. The van der Waals surface area contributed by atoms with E-state index in [-0.39, 0.29) is 6.04 Å². The van der Waals surface area contributed by atoms with Gasteiger partial charge in [0.25, 0.3) is 0 Å². The van der Waals surface area contributed by atoms with Gasteiger partial charge in [0.2, 0.25) is 6.23 Å². The van der Waals surface area contributed by atoms with Crippen LogP contribution in [0.25, 0.3) is 0 Å². The molecule has 0 unspecified atom stereocenters. The van der Waals surface area contributed by atoms with E-state index in [1.807, 2.05) is 42.3 Å². The fraction of sp³-hybridized carbons (Fsp3) is 0.227. The minimum atomic E-state index is -0.911. The Hall–Kier alpha value is -2.67. The molecule has 2 aliphatic rings. The summed E-state index contributed by atoms with van der Waals surface area (Å²) in [6.07, 6.45) is 0.766. The second-order valence-corrected chi connectivity index (χ2v) is 8.01. The van der Waals surface area contributed by atoms with E-state index >= 15 is 0 Å². The molecule has 7 heteroatoms. The van der Waals surface area contributed by atoms with Crippen LogP contribution in [-0.4, -0.2) is 10.7 Å². The number of halogens is 3. The molecule has 0 saturated carbocycles. The molecule has 0 radical (unpaired) electrons. The van der Waals surface area contributed by atoms with Gasteiger partial charge in [-0.3, -0.25) is 0 Å². The van der Waals surface area contributed by atoms with E-state index in [1.54, 1.807) is 0 Å². The third-order valence-corrected chi connectivity index (χ3v) is 5.77. The maximum absolute atomic E-state index is 13.9. The molecule has 0 amide bonds. The maximum atomic E-state index is 13.9. The molecule has 1 aromatic heterocycles. The quantitative estimate of drug-likeness (QED) is 0.474. The molecule has 4 nitrogen and oxygen atoms in total. The van der Waals surface area contributed by atoms with E-state index in [4.69, 9.17) is 14.3 Å². The molecule has 3 aromatic rings. The average molecular weight is 459 g/mol. The first-order valence-corrected chi connectivity index (χ1v) is 10.2. The van der Waals surface area contributed by atoms with Crippen LogP contribution in [0.3, 0.4) is 0 Å². The first kappa shape index (κ1) is 18.4. The van der Waals surface area contributed by atoms with Crippen molar-refractivity contribution in [2.45, 2.75) is 32.0 Å². The molecule has 2 atom stereocenters. The lowest BCUT2D eigenvalue weighted by atomic mass is 9.97. The van der Waals surface area contributed by atoms with Crippen LogP contribution in [0.15, 0.2) is 62.5 Å². The van der Waals surface area contributed by atoms with Gasteiger partial charge in [-0.2, -0.15) is 5.10 Å². The van der Waals surface area contributed by atoms with Crippen molar-refractivity contribution < 1.29 is 17.9 Å². The Morgan fingerprint density at radius 2 is 1.97 bits per heavy atom. The number of rotatable bonds is 3. The summed E-state index contributed by atoms with van der Waals surface area (Å²) >= 11 is 3.52. The smallest absolute Gasteiger partial charge is 0.213 e. The molecule has 0 spiro atoms. The second-order valence-electron chi connectivity index (χ2n) is 7.09. The summed E-state index contributed by atoms with van der Waals surface area (Å²) in [5.41, 5.74) is 2.29. The Morgan fingerprint density at radius 3 is 2.72 bits per heavy atom. The third kappa shape index (κ3) is 3.13. The molecule has 0 fully saturated rings. The predicted molar refractivity (Wildman–Crippen MR) is 108 cm³/mol. The van der Waals surface area contributed by atoms with Crippen molar-refractivity contribution in [3.8, 4) is 5.75 Å². The standard InChI is InChI=1S/C22H17BrF2N2O2/c1-2-14-5-8-21(28-14)18-11-19-15-10-13(23)4-7-20(15)29-22(27(19)26-18)12-3-6-16(24)17(25)9-12/h3-10,19,22H,2,11H2,1H3/t19-,22+/m0/s1. The number of furan rings is 1. The highest BCUT2D eigenvalue weighted by Crippen LogP contribution is 2.48. The van der Waals surface area contributed by atoms with Crippen molar-refractivity contribution in [3.05, 3.63) is 87.3 Å². The number of nitrogens with zero attached hydrogens (tertiary/aromatic N) is 2. The van der Waals surface area contributed by atoms with Gasteiger partial charge in [-0.25, -0.2) is 13.8 Å². The zero-order valence-electron chi connectivity index (χ0n) is 15.5. The van der Waals surface area contributed by atoms with Gasteiger partial charge in [0, 0.05) is 28.4 Å². The molecule has 148 valence electrons. The largest absolute Gasteiger partial charge is 0.464 e. The molecular formula is C22H17BrF2N2O2. The van der Waals surface area contributed by atoms with Crippen LogP contribution in [0.4, 0.5) is 8.78 Å². The lowest BCUT2D eigenvalue weighted by molar-refractivity contribution is -0.0193. The average Bonchev–Trinajstić information content (AvgIpc) is 3.36. The lowest BCUT2D eigenvalue weighted by Gasteiger charge is -2.38. The van der Waals surface area contributed by atoms with Gasteiger partial charge in [0.15, 0.2) is 11.6 Å². The number of aryl methyl sites for hydroxylation is 1. The Kier molecular flexibility index (Phi) is 4.42. The first-order valence-electron chi connectivity index (χ1n) is 9.39. The van der Waals surface area contributed by atoms with Crippen LogP contribution in [0.5, 0.6) is 5.75 Å². The fourth-order valence-electron chi connectivity index (χ4n) is 3.82. The molecule has 0 aliphatic carbocycles. The summed E-state index contributed by atoms with van der Waals surface area (Å²) in [4.78, 5) is 0. The normalized spacial score (nSPS) is 20.1. The molecule has 0 bridgehead atoms. The zero-order valence-corrected chi connectivity index (χ0v) is 17.1. The van der Waals surface area contributed by atoms with Gasteiger partial charge in [-0.15, -0.1) is 0 Å². The van der Waals surface area contributed by atoms with Gasteiger partial charge >= 0.3 is 0 Å². The first-order chi connectivity index (χ1) is 14.0. The van der Waals surface area contributed by atoms with Crippen molar-refractivity contribution in [1.29, 1.82) is 0 Å². The molecule has 0 N–H and O–H groups in total. The third-order valence-electron chi connectivity index (χ3n) is 5.28. The van der Waals surface area contributed by atoms with Crippen LogP contribution in [0, 0.1) is 11.6 Å². The van der Waals surface area contributed by atoms with E-state index in [2.05, 4.69) is 15.9 Å². The predicted octanol–water partition coefficient (Wildman–Crippen LogP) is 6.13. The maximum Gasteiger partial charge on any atom is 0.213 e. The van der Waals surface area contributed by atoms with Gasteiger partial charge < -0.3 is 9.15 Å². The highest BCUT2D eigenvalue weighted by atomic mass is 79.9. The van der Waals surface area contributed by atoms with Gasteiger partial charge in [0.1, 0.15) is 23.0 Å². The Balaban J connectivity index is 1.60. The van der Waals surface area contributed by atoms with E-state index in [9.17, 15) is 8.78 Å². The van der Waals surface area contributed by atoms with Crippen molar-refractivity contribution >= 4 is 21.6 Å². The molecule has 2 aromatic carbocycles. The topological polar surface area (TPSA) is 38.0 Å². The Bertz CT molecular complexity index is 1130. The Morgan fingerprint density at radius 1 is 1.10 bits per heavy atom. The number of ether oxygens (including phenoxy) is 1. The molecule has 2 aliphatic heterocycles. The SMILES string of the molecule is CCc1ccc(C2=NN3[C@@H](c4ccc(F)c(F)c4)Oc4ccc(Br)cc4[C@@H]3C2)o1. The van der Waals surface area contributed by atoms with Crippen molar-refractivity contribution in [2.24, 2.45) is 5.10 Å². The molecule has 0 saturated heterocycles. The van der Waals surface area contributed by atoms with Crippen LogP contribution in [0.2, 0.25) is 0 Å². The molecule has 3 heterocycles. The number of hydrogen-bond donors (Lipinski definition) is 0. The summed E-state index contributed by atoms with van der Waals surface area (Å²) in [6, 6.07) is 13.4. The summed E-state index contributed by atoms with van der Waals surface area (Å²) in [6.45, 7) is 2.03. The second kappa shape index (κ2) is 6.99. The molecular weight excluding hydrogens is 442 g/mol. The monoisotopic (exact) mass is 458 g/mol. The van der Waals surface area contributed by atoms with Crippen LogP contribution >= 0.6 is 15.9 Å². The zero-order chi connectivity index (χ0) is 20.1. The highest BCUT2D eigenvalue weighted by molar-refractivity contribution is 9.10. The van der Waals surface area contributed by atoms with E-state index in [0.717, 1.165) is 45.8 Å². The minimum absolute atomic E-state index is 0.0976. The summed E-state index contributed by atoms with van der Waals surface area (Å²) in [5, 5.41) is 6.58. The van der Waals surface area contributed by atoms with E-state index in [0.29, 0.717) is 17.7 Å². The number of hydrazone groups is 1. The number of hydrogen-bond acceptors (Lipinski definition) is 4. The van der Waals surface area contributed by atoms with Crippen molar-refractivity contribution in [1.82, 2.24) is 5.01 Å². The van der Waals surface area contributed by atoms with E-state index < -0.39 is 17.9 Å². The minimum Gasteiger partial charge on any atom is -0.464 e. The van der Waals surface area contributed by atoms with Crippen LogP contribution in [0.1, 0.15) is 48.3 Å². The summed E-state index contributed by atoms with van der Waals surface area (Å²) < 4.78 is 40.4. The molecule has 29 heavy (non-hydrogen) atoms. The highest BCUT2D eigenvalue weighted by Gasteiger charge is 2.41. The Labute approximate surface area is 174 Å². The summed E-state index contributed by atoms with van der Waals surface area (Å²) in [7, 11) is 0. The van der Waals surface area contributed by atoms with Crippen molar-refractivity contribution in [3.63, 3.8) is 0 Å². The van der Waals surface area contributed by atoms with Crippen molar-refractivity contribution in [2.75, 3.05) is 0 Å². The van der Waals surface area contributed by atoms with Crippen LogP contribution in [-0.2, 0) is 6.42 Å².